The van der Waals surface area contributed by atoms with Gasteiger partial charge in [-0.3, -0.25) is 4.57 Å². The van der Waals surface area contributed by atoms with Crippen LogP contribution < -0.4 is 0 Å². The summed E-state index contributed by atoms with van der Waals surface area (Å²) in [6.07, 6.45) is 0. The van der Waals surface area contributed by atoms with Crippen LogP contribution in [-0.2, 0) is 0 Å². The normalized spacial score (nSPS) is 11.5. The van der Waals surface area contributed by atoms with E-state index in [1.807, 2.05) is 0 Å². The van der Waals surface area contributed by atoms with Gasteiger partial charge in [-0.1, -0.05) is 176 Å². The van der Waals surface area contributed by atoms with Crippen LogP contribution in [0.1, 0.15) is 0 Å². The minimum Gasteiger partial charge on any atom is -0.309 e. The van der Waals surface area contributed by atoms with E-state index in [4.69, 9.17) is 9.97 Å². The highest BCUT2D eigenvalue weighted by molar-refractivity contribution is 6.13. The molecule has 0 saturated carbocycles. The molecule has 0 radical (unpaired) electrons. The summed E-state index contributed by atoms with van der Waals surface area (Å²) in [6, 6.07) is 91.1. The third kappa shape index (κ3) is 6.86. The summed E-state index contributed by atoms with van der Waals surface area (Å²) in [6.45, 7) is 0. The molecule has 318 valence electrons. The summed E-state index contributed by atoms with van der Waals surface area (Å²) >= 11 is 0. The van der Waals surface area contributed by atoms with Gasteiger partial charge < -0.3 is 4.57 Å². The van der Waals surface area contributed by atoms with Gasteiger partial charge in [-0.15, -0.1) is 0 Å². The zero-order chi connectivity index (χ0) is 45.0. The lowest BCUT2D eigenvalue weighted by Gasteiger charge is -2.13. The fourth-order valence-corrected chi connectivity index (χ4v) is 10.0. The second-order valence-corrected chi connectivity index (χ2v) is 17.4. The first kappa shape index (κ1) is 39.3. The highest BCUT2D eigenvalue weighted by atomic mass is 15.1. The number of fused-ring (bicyclic) bond motifs is 6. The van der Waals surface area contributed by atoms with E-state index in [2.05, 4.69) is 264 Å². The minimum absolute atomic E-state index is 0.858. The van der Waals surface area contributed by atoms with Crippen molar-refractivity contribution in [2.24, 2.45) is 0 Å². The van der Waals surface area contributed by atoms with Crippen LogP contribution in [0.5, 0.6) is 0 Å². The Bertz CT molecular complexity index is 3870. The molecule has 0 atom stereocenters. The molecule has 4 heteroatoms. The van der Waals surface area contributed by atoms with Gasteiger partial charge in [0.05, 0.1) is 39.1 Å². The van der Waals surface area contributed by atoms with Gasteiger partial charge in [0, 0.05) is 43.9 Å². The fourth-order valence-electron chi connectivity index (χ4n) is 10.0. The van der Waals surface area contributed by atoms with Crippen LogP contribution in [0.25, 0.3) is 122 Å². The topological polar surface area (TPSA) is 35.6 Å². The zero-order valence-electron chi connectivity index (χ0n) is 37.0. The number of benzene rings is 9. The van der Waals surface area contributed by atoms with Gasteiger partial charge in [0.15, 0.2) is 0 Å². The average Bonchev–Trinajstić information content (AvgIpc) is 3.93. The Morgan fingerprint density at radius 2 is 0.603 bits per heavy atom. The molecule has 0 aliphatic rings. The van der Waals surface area contributed by atoms with Crippen LogP contribution in [0.15, 0.2) is 255 Å². The Kier molecular flexibility index (Phi) is 9.47. The van der Waals surface area contributed by atoms with Crippen molar-refractivity contribution >= 4 is 43.6 Å². The van der Waals surface area contributed by atoms with Crippen molar-refractivity contribution in [1.29, 1.82) is 0 Å². The number of pyridine rings is 2. The van der Waals surface area contributed by atoms with Gasteiger partial charge in [-0.25, -0.2) is 9.97 Å². The predicted octanol–water partition coefficient (Wildman–Crippen LogP) is 16.7. The van der Waals surface area contributed by atoms with Crippen molar-refractivity contribution < 1.29 is 0 Å². The van der Waals surface area contributed by atoms with Gasteiger partial charge in [0.1, 0.15) is 5.82 Å². The quantitative estimate of drug-likeness (QED) is 0.153. The molecule has 0 amide bonds. The van der Waals surface area contributed by atoms with E-state index >= 15 is 0 Å². The van der Waals surface area contributed by atoms with Gasteiger partial charge in [-0.2, -0.15) is 0 Å². The summed E-state index contributed by atoms with van der Waals surface area (Å²) in [5.41, 5.74) is 18.5. The van der Waals surface area contributed by atoms with Crippen LogP contribution in [0.3, 0.4) is 0 Å². The van der Waals surface area contributed by atoms with Crippen molar-refractivity contribution in [2.45, 2.75) is 0 Å². The lowest BCUT2D eigenvalue weighted by molar-refractivity contribution is 1.08. The van der Waals surface area contributed by atoms with Crippen molar-refractivity contribution in [1.82, 2.24) is 19.1 Å². The molecule has 9 aromatic carbocycles. The number of rotatable bonds is 8. The molecular formula is C64H42N4. The van der Waals surface area contributed by atoms with Crippen molar-refractivity contribution in [3.05, 3.63) is 255 Å². The van der Waals surface area contributed by atoms with Gasteiger partial charge >= 0.3 is 0 Å². The molecule has 0 saturated heterocycles. The number of nitrogens with zero attached hydrogens (tertiary/aromatic N) is 4. The van der Waals surface area contributed by atoms with Crippen LogP contribution in [0.2, 0.25) is 0 Å². The summed E-state index contributed by atoms with van der Waals surface area (Å²) in [5.74, 6) is 0.858. The lowest BCUT2D eigenvalue weighted by atomic mass is 9.98. The first-order chi connectivity index (χ1) is 33.7. The average molecular weight is 867 g/mol. The number of para-hydroxylation sites is 2. The molecule has 0 bridgehead atoms. The maximum atomic E-state index is 5.46. The van der Waals surface area contributed by atoms with Crippen molar-refractivity contribution in [3.8, 4) is 78.7 Å². The Labute approximate surface area is 394 Å². The van der Waals surface area contributed by atoms with Crippen LogP contribution >= 0.6 is 0 Å². The van der Waals surface area contributed by atoms with Gasteiger partial charge in [0.25, 0.3) is 0 Å². The third-order valence-corrected chi connectivity index (χ3v) is 13.3. The molecule has 13 rings (SSSR count). The predicted molar refractivity (Wildman–Crippen MR) is 283 cm³/mol. The molecule has 4 heterocycles. The molecular weight excluding hydrogens is 825 g/mol. The van der Waals surface area contributed by atoms with Crippen molar-refractivity contribution in [3.63, 3.8) is 0 Å². The molecule has 4 aromatic heterocycles. The smallest absolute Gasteiger partial charge is 0.138 e. The second-order valence-electron chi connectivity index (χ2n) is 17.4. The summed E-state index contributed by atoms with van der Waals surface area (Å²) in [4.78, 5) is 10.8. The van der Waals surface area contributed by atoms with Crippen LogP contribution in [0.4, 0.5) is 0 Å². The van der Waals surface area contributed by atoms with Crippen LogP contribution in [0, 0.1) is 0 Å². The fraction of sp³-hybridized carbons (Fsp3) is 0. The summed E-state index contributed by atoms with van der Waals surface area (Å²) < 4.78 is 4.72. The van der Waals surface area contributed by atoms with Crippen molar-refractivity contribution in [2.75, 3.05) is 0 Å². The molecule has 0 fully saturated rings. The molecule has 0 spiro atoms. The summed E-state index contributed by atoms with van der Waals surface area (Å²) in [5, 5.41) is 4.72. The highest BCUT2D eigenvalue weighted by Gasteiger charge is 2.20. The van der Waals surface area contributed by atoms with E-state index in [0.29, 0.717) is 0 Å². The number of hydrogen-bond donors (Lipinski definition) is 0. The molecule has 0 aliphatic heterocycles. The molecule has 68 heavy (non-hydrogen) atoms. The number of hydrogen-bond acceptors (Lipinski definition) is 2. The SMILES string of the molecule is c1ccc(-c2cc(-c3ccccc3)nc(-c3ccc4c(c3)c3cc(-c5ccc6c(c5)c5ccccc5n6-c5ccccc5)ccc3n4-c3cc(-c4ccccc4)cc(-c4ccccc4)n3)c2)cc1. The Morgan fingerprint density at radius 1 is 0.221 bits per heavy atom. The first-order valence-corrected chi connectivity index (χ1v) is 23.1. The Balaban J connectivity index is 1.05. The Morgan fingerprint density at radius 3 is 1.16 bits per heavy atom. The third-order valence-electron chi connectivity index (χ3n) is 13.3. The van der Waals surface area contributed by atoms with Crippen LogP contribution in [-0.4, -0.2) is 19.1 Å². The largest absolute Gasteiger partial charge is 0.309 e. The first-order valence-electron chi connectivity index (χ1n) is 23.1. The van der Waals surface area contributed by atoms with E-state index in [1.165, 1.54) is 21.8 Å². The maximum Gasteiger partial charge on any atom is 0.138 e. The Hall–Kier alpha value is -9.12. The van der Waals surface area contributed by atoms with E-state index in [1.54, 1.807) is 0 Å². The lowest BCUT2D eigenvalue weighted by Crippen LogP contribution is -2.00. The second kappa shape index (κ2) is 16.4. The molecule has 0 aliphatic carbocycles. The van der Waals surface area contributed by atoms with Gasteiger partial charge in [0.2, 0.25) is 0 Å². The standard InChI is InChI=1S/C64H42N4/c1-6-18-43(19-7-1)50-39-57(45-22-10-3-11-23-45)65-59(40-50)49-32-35-63-56(38-49)55-37-48(47-30-33-61-54(36-47)53-28-16-17-29-60(53)67(61)52-26-14-5-15-27-52)31-34-62(55)68(63)64-42-51(44-20-8-2-9-21-44)41-58(66-64)46-24-12-4-13-25-46/h1-42H. The highest BCUT2D eigenvalue weighted by Crippen LogP contribution is 2.41. The summed E-state index contributed by atoms with van der Waals surface area (Å²) in [7, 11) is 0. The van der Waals surface area contributed by atoms with E-state index in [-0.39, 0.29) is 0 Å². The van der Waals surface area contributed by atoms with E-state index < -0.39 is 0 Å². The zero-order valence-corrected chi connectivity index (χ0v) is 37.0. The molecule has 13 aromatic rings. The molecule has 0 N–H and O–H groups in total. The van der Waals surface area contributed by atoms with Gasteiger partial charge in [-0.05, 0) is 112 Å². The molecule has 4 nitrogen and oxygen atoms in total. The number of aromatic nitrogens is 4. The molecule has 0 unspecified atom stereocenters. The monoisotopic (exact) mass is 866 g/mol. The minimum atomic E-state index is 0.858. The maximum absolute atomic E-state index is 5.46. The van der Waals surface area contributed by atoms with E-state index in [9.17, 15) is 0 Å². The van der Waals surface area contributed by atoms with E-state index in [0.717, 1.165) is 100 Å².